The Morgan fingerprint density at radius 1 is 0.586 bits per heavy atom. The van der Waals surface area contributed by atoms with Crippen molar-refractivity contribution in [2.45, 2.75) is 113 Å². The van der Waals surface area contributed by atoms with E-state index in [-0.39, 0.29) is 36.4 Å². The zero-order valence-corrected chi connectivity index (χ0v) is 18.4. The van der Waals surface area contributed by atoms with E-state index >= 15 is 0 Å². The van der Waals surface area contributed by atoms with Crippen molar-refractivity contribution in [3.05, 3.63) is 0 Å². The van der Waals surface area contributed by atoms with Gasteiger partial charge in [-0.15, -0.1) is 0 Å². The van der Waals surface area contributed by atoms with Crippen molar-refractivity contribution < 1.29 is 15.3 Å². The number of hydrogen-bond donors (Lipinski definition) is 6. The molecule has 8 atom stereocenters. The Labute approximate surface area is 177 Å². The summed E-state index contributed by atoms with van der Waals surface area (Å²) in [5.41, 5.74) is 0. The maximum atomic E-state index is 10.8. The average Bonchev–Trinajstić information content (AvgIpc) is 3.02. The fourth-order valence-corrected chi connectivity index (χ4v) is 5.78. The molecule has 3 aliphatic rings. The second-order valence-corrected chi connectivity index (χ2v) is 9.98. The van der Waals surface area contributed by atoms with Crippen LogP contribution in [-0.2, 0) is 0 Å². The Morgan fingerprint density at radius 2 is 1.17 bits per heavy atom. The van der Waals surface area contributed by atoms with Crippen LogP contribution in [0.5, 0.6) is 0 Å². The summed E-state index contributed by atoms with van der Waals surface area (Å²) in [6.07, 6.45) is 12.0. The first-order valence-electron chi connectivity index (χ1n) is 12.2. The first-order chi connectivity index (χ1) is 14.1. The van der Waals surface area contributed by atoms with Crippen molar-refractivity contribution in [2.24, 2.45) is 11.8 Å². The van der Waals surface area contributed by atoms with Gasteiger partial charge in [0, 0.05) is 18.1 Å². The number of hydrogen-bond acceptors (Lipinski definition) is 6. The number of aliphatic hydroxyl groups excluding tert-OH is 3. The molecule has 3 rings (SSSR count). The van der Waals surface area contributed by atoms with Gasteiger partial charge in [-0.05, 0) is 83.3 Å². The molecule has 0 radical (unpaired) electrons. The average molecular weight is 412 g/mol. The van der Waals surface area contributed by atoms with Gasteiger partial charge in [0.05, 0.1) is 18.3 Å². The molecule has 29 heavy (non-hydrogen) atoms. The fraction of sp³-hybridized carbons (Fsp3) is 1.00. The van der Waals surface area contributed by atoms with Crippen LogP contribution >= 0.6 is 0 Å². The van der Waals surface area contributed by atoms with Gasteiger partial charge in [-0.3, -0.25) is 0 Å². The van der Waals surface area contributed by atoms with Crippen LogP contribution in [0, 0.1) is 11.8 Å². The normalized spacial score (nSPS) is 42.2. The molecule has 6 nitrogen and oxygen atoms in total. The van der Waals surface area contributed by atoms with E-state index in [1.807, 2.05) is 7.05 Å². The van der Waals surface area contributed by atoms with Crippen molar-refractivity contribution >= 4 is 0 Å². The lowest BCUT2D eigenvalue weighted by molar-refractivity contribution is 0.0620. The van der Waals surface area contributed by atoms with E-state index < -0.39 is 0 Å². The van der Waals surface area contributed by atoms with E-state index in [1.54, 1.807) is 0 Å². The van der Waals surface area contributed by atoms with Gasteiger partial charge in [-0.1, -0.05) is 25.7 Å². The third-order valence-electron chi connectivity index (χ3n) is 7.78. The Balaban J connectivity index is 1.39. The third kappa shape index (κ3) is 7.15. The van der Waals surface area contributed by atoms with E-state index in [0.717, 1.165) is 77.3 Å². The Hall–Kier alpha value is -0.240. The van der Waals surface area contributed by atoms with E-state index in [9.17, 15) is 15.3 Å². The van der Waals surface area contributed by atoms with Gasteiger partial charge >= 0.3 is 0 Å². The zero-order valence-electron chi connectivity index (χ0n) is 18.4. The summed E-state index contributed by atoms with van der Waals surface area (Å²) < 4.78 is 0. The van der Waals surface area contributed by atoms with Crippen LogP contribution in [0.4, 0.5) is 0 Å². The van der Waals surface area contributed by atoms with Gasteiger partial charge in [0.15, 0.2) is 0 Å². The van der Waals surface area contributed by atoms with Gasteiger partial charge in [-0.2, -0.15) is 0 Å². The van der Waals surface area contributed by atoms with E-state index in [1.165, 1.54) is 12.8 Å². The highest BCUT2D eigenvalue weighted by atomic mass is 16.3. The second kappa shape index (κ2) is 12.0. The lowest BCUT2D eigenvalue weighted by atomic mass is 9.83. The minimum atomic E-state index is -0.304. The van der Waals surface area contributed by atoms with Crippen molar-refractivity contribution in [1.82, 2.24) is 16.0 Å². The minimum Gasteiger partial charge on any atom is -0.392 e. The van der Waals surface area contributed by atoms with Crippen molar-refractivity contribution in [3.63, 3.8) is 0 Å². The molecule has 0 amide bonds. The van der Waals surface area contributed by atoms with Gasteiger partial charge in [0.1, 0.15) is 0 Å². The quantitative estimate of drug-likeness (QED) is 0.356. The summed E-state index contributed by atoms with van der Waals surface area (Å²) in [6, 6.07) is 0.628. The number of nitrogens with one attached hydrogen (secondary N) is 3. The van der Waals surface area contributed by atoms with Crippen molar-refractivity contribution in [2.75, 3.05) is 20.1 Å². The molecule has 0 aromatic heterocycles. The summed E-state index contributed by atoms with van der Waals surface area (Å²) in [4.78, 5) is 0. The summed E-state index contributed by atoms with van der Waals surface area (Å²) in [5.74, 6) is 0.986. The second-order valence-electron chi connectivity index (χ2n) is 9.98. The molecule has 0 spiro atoms. The predicted molar refractivity (Wildman–Crippen MR) is 117 cm³/mol. The molecule has 3 aliphatic carbocycles. The molecule has 0 heterocycles. The smallest absolute Gasteiger partial charge is 0.0696 e. The maximum Gasteiger partial charge on any atom is 0.0696 e. The zero-order chi connectivity index (χ0) is 20.6. The number of aliphatic hydroxyl groups is 3. The number of likely N-dealkylation sites (N-methyl/N-ethyl adjacent to an activating group) is 1. The molecule has 170 valence electrons. The SMILES string of the molecule is CN[C@H]1CCC(CN[C@H]2CCCC(CN[C@@H]3CCCCC[C@H]3O)C[C@@H]2O)C[C@@H]1O. The van der Waals surface area contributed by atoms with Gasteiger partial charge < -0.3 is 31.3 Å². The topological polar surface area (TPSA) is 96.8 Å². The molecule has 6 N–H and O–H groups in total. The molecule has 0 aromatic rings. The van der Waals surface area contributed by atoms with Crippen LogP contribution in [-0.4, -0.2) is 71.9 Å². The summed E-state index contributed by atoms with van der Waals surface area (Å²) in [7, 11) is 1.93. The van der Waals surface area contributed by atoms with Crippen LogP contribution in [0.25, 0.3) is 0 Å². The predicted octanol–water partition coefficient (Wildman–Crippen LogP) is 1.53. The third-order valence-corrected chi connectivity index (χ3v) is 7.78. The van der Waals surface area contributed by atoms with Crippen LogP contribution in [0.2, 0.25) is 0 Å². The lowest BCUT2D eigenvalue weighted by Crippen LogP contribution is -2.47. The Kier molecular flexibility index (Phi) is 9.66. The van der Waals surface area contributed by atoms with Gasteiger partial charge in [0.2, 0.25) is 0 Å². The summed E-state index contributed by atoms with van der Waals surface area (Å²) >= 11 is 0. The largest absolute Gasteiger partial charge is 0.392 e. The minimum absolute atomic E-state index is 0.169. The van der Waals surface area contributed by atoms with Crippen LogP contribution in [0.15, 0.2) is 0 Å². The molecule has 6 heteroatoms. The van der Waals surface area contributed by atoms with Gasteiger partial charge in [-0.25, -0.2) is 0 Å². The molecule has 3 fully saturated rings. The first kappa shape index (κ1) is 23.4. The molecule has 3 saturated carbocycles. The van der Waals surface area contributed by atoms with Crippen LogP contribution in [0.1, 0.15) is 77.0 Å². The van der Waals surface area contributed by atoms with Crippen LogP contribution < -0.4 is 16.0 Å². The highest BCUT2D eigenvalue weighted by Gasteiger charge is 2.31. The fourth-order valence-electron chi connectivity index (χ4n) is 5.78. The van der Waals surface area contributed by atoms with Crippen molar-refractivity contribution in [1.29, 1.82) is 0 Å². The molecular weight excluding hydrogens is 366 g/mol. The summed E-state index contributed by atoms with van der Waals surface area (Å²) in [5, 5.41) is 41.9. The highest BCUT2D eigenvalue weighted by Crippen LogP contribution is 2.27. The molecule has 0 aromatic carbocycles. The monoisotopic (exact) mass is 411 g/mol. The van der Waals surface area contributed by atoms with E-state index in [0.29, 0.717) is 11.8 Å². The Bertz CT molecular complexity index is 467. The molecule has 0 aliphatic heterocycles. The van der Waals surface area contributed by atoms with Crippen LogP contribution in [0.3, 0.4) is 0 Å². The maximum absolute atomic E-state index is 10.8. The molecule has 0 bridgehead atoms. The van der Waals surface area contributed by atoms with E-state index in [2.05, 4.69) is 16.0 Å². The highest BCUT2D eigenvalue weighted by molar-refractivity contribution is 4.88. The van der Waals surface area contributed by atoms with Gasteiger partial charge in [0.25, 0.3) is 0 Å². The van der Waals surface area contributed by atoms with Crippen molar-refractivity contribution in [3.8, 4) is 0 Å². The lowest BCUT2D eigenvalue weighted by Gasteiger charge is -2.34. The molecule has 2 unspecified atom stereocenters. The molecular formula is C23H45N3O3. The first-order valence-corrected chi connectivity index (χ1v) is 12.2. The van der Waals surface area contributed by atoms with E-state index in [4.69, 9.17) is 0 Å². The Morgan fingerprint density at radius 3 is 1.86 bits per heavy atom. The summed E-state index contributed by atoms with van der Waals surface area (Å²) in [6.45, 7) is 1.80. The number of rotatable bonds is 7. The standard InChI is InChI=1S/C23H45N3O3/c1-24-18-11-10-17(13-22(18)28)15-26-20-8-5-6-16(12-23(20)29)14-25-19-7-3-2-4-9-21(19)27/h16-29H,2-15H2,1H3/t16?,17?,18-,19+,20-,21+,22-,23-/m0/s1. The molecule has 0 saturated heterocycles.